The quantitative estimate of drug-likeness (QED) is 0.178. The molecule has 6 heteroatoms. The van der Waals surface area contributed by atoms with Crippen molar-refractivity contribution in [1.82, 2.24) is 19.5 Å². The zero-order valence-electron chi connectivity index (χ0n) is 31.4. The SMILES string of the molecule is c1cc(-c2nc(-c3cc4ccccc4c4sc5ccccc5c34)nc(-c3cc4ccccc4c4sc5ccccc5c34)n2)cc(-n2c3ccccc3c3ccccc32)c1. The van der Waals surface area contributed by atoms with Crippen molar-refractivity contribution in [3.05, 3.63) is 182 Å². The Balaban J connectivity index is 1.13. The summed E-state index contributed by atoms with van der Waals surface area (Å²) in [6, 6.07) is 65.3. The number of thiophene rings is 2. The molecule has 4 aromatic heterocycles. The van der Waals surface area contributed by atoms with Crippen molar-refractivity contribution in [3.8, 4) is 39.9 Å². The van der Waals surface area contributed by atoms with Gasteiger partial charge in [0.15, 0.2) is 17.5 Å². The van der Waals surface area contributed by atoms with E-state index in [9.17, 15) is 0 Å². The van der Waals surface area contributed by atoms with Crippen molar-refractivity contribution in [2.45, 2.75) is 0 Å². The summed E-state index contributed by atoms with van der Waals surface area (Å²) in [5.74, 6) is 1.95. The zero-order valence-corrected chi connectivity index (χ0v) is 33.1. The molecule has 0 radical (unpaired) electrons. The van der Waals surface area contributed by atoms with Gasteiger partial charge in [-0.15, -0.1) is 22.7 Å². The van der Waals surface area contributed by atoms with E-state index in [1.165, 1.54) is 61.9 Å². The topological polar surface area (TPSA) is 43.6 Å². The van der Waals surface area contributed by atoms with Crippen LogP contribution in [0.25, 0.3) is 124 Å². The van der Waals surface area contributed by atoms with Gasteiger partial charge in [0, 0.05) is 73.5 Å². The van der Waals surface area contributed by atoms with Crippen molar-refractivity contribution in [2.24, 2.45) is 0 Å². The molecule has 0 aliphatic rings. The van der Waals surface area contributed by atoms with Gasteiger partial charge in [0.1, 0.15) is 0 Å². The molecule has 0 atom stereocenters. The molecule has 0 saturated carbocycles. The van der Waals surface area contributed by atoms with E-state index in [0.29, 0.717) is 17.5 Å². The second-order valence-electron chi connectivity index (χ2n) is 15.1. The molecule has 0 N–H and O–H groups in total. The molecule has 0 bridgehead atoms. The lowest BCUT2D eigenvalue weighted by molar-refractivity contribution is 1.08. The van der Waals surface area contributed by atoms with Crippen LogP contribution in [0.2, 0.25) is 0 Å². The first-order valence-electron chi connectivity index (χ1n) is 19.8. The summed E-state index contributed by atoms with van der Waals surface area (Å²) in [4.78, 5) is 16.4. The number of benzene rings is 9. The molecule has 13 rings (SSSR count). The van der Waals surface area contributed by atoms with Crippen LogP contribution in [0, 0.1) is 0 Å². The molecule has 0 aliphatic carbocycles. The van der Waals surface area contributed by atoms with Gasteiger partial charge in [-0.2, -0.15) is 0 Å². The van der Waals surface area contributed by atoms with Gasteiger partial charge in [0.25, 0.3) is 0 Å². The number of fused-ring (bicyclic) bond motifs is 13. The normalized spacial score (nSPS) is 12.1. The summed E-state index contributed by atoms with van der Waals surface area (Å²) in [6.07, 6.45) is 0. The average molecular weight is 787 g/mol. The maximum atomic E-state index is 5.52. The fourth-order valence-corrected chi connectivity index (χ4v) is 11.7. The molecule has 0 saturated heterocycles. The lowest BCUT2D eigenvalue weighted by Crippen LogP contribution is -2.02. The Kier molecular flexibility index (Phi) is 7.02. The maximum Gasteiger partial charge on any atom is 0.164 e. The molecule has 274 valence electrons. The molecule has 13 aromatic rings. The first-order chi connectivity index (χ1) is 29.2. The third-order valence-corrected chi connectivity index (χ3v) is 14.2. The monoisotopic (exact) mass is 786 g/mol. The van der Waals surface area contributed by atoms with Crippen LogP contribution in [0.3, 0.4) is 0 Å². The van der Waals surface area contributed by atoms with Gasteiger partial charge in [-0.05, 0) is 70.1 Å². The van der Waals surface area contributed by atoms with Crippen LogP contribution in [-0.2, 0) is 0 Å². The molecule has 0 amide bonds. The van der Waals surface area contributed by atoms with Crippen LogP contribution in [0.4, 0.5) is 0 Å². The number of rotatable bonds is 4. The van der Waals surface area contributed by atoms with Crippen molar-refractivity contribution in [3.63, 3.8) is 0 Å². The van der Waals surface area contributed by atoms with Crippen LogP contribution in [-0.4, -0.2) is 19.5 Å². The average Bonchev–Trinajstić information content (AvgIpc) is 3.99. The third kappa shape index (κ3) is 4.91. The highest BCUT2D eigenvalue weighted by Gasteiger charge is 2.22. The van der Waals surface area contributed by atoms with Gasteiger partial charge in [0.2, 0.25) is 0 Å². The zero-order chi connectivity index (χ0) is 38.6. The predicted molar refractivity (Wildman–Crippen MR) is 251 cm³/mol. The van der Waals surface area contributed by atoms with E-state index in [0.717, 1.165) is 44.2 Å². The Bertz CT molecular complexity index is 3650. The minimum Gasteiger partial charge on any atom is -0.309 e. The number of hydrogen-bond donors (Lipinski definition) is 0. The minimum atomic E-state index is 0.634. The first-order valence-corrected chi connectivity index (χ1v) is 21.4. The minimum absolute atomic E-state index is 0.634. The molecule has 0 unspecified atom stereocenters. The highest BCUT2D eigenvalue weighted by molar-refractivity contribution is 7.27. The van der Waals surface area contributed by atoms with Gasteiger partial charge in [-0.25, -0.2) is 15.0 Å². The molecule has 0 fully saturated rings. The number of aromatic nitrogens is 4. The van der Waals surface area contributed by atoms with Gasteiger partial charge in [-0.1, -0.05) is 133 Å². The molecule has 4 nitrogen and oxygen atoms in total. The van der Waals surface area contributed by atoms with Crippen LogP contribution in [0.15, 0.2) is 182 Å². The van der Waals surface area contributed by atoms with E-state index in [1.54, 1.807) is 0 Å². The fraction of sp³-hybridized carbons (Fsp3) is 0. The van der Waals surface area contributed by atoms with E-state index in [2.05, 4.69) is 187 Å². The van der Waals surface area contributed by atoms with Crippen LogP contribution >= 0.6 is 22.7 Å². The smallest absolute Gasteiger partial charge is 0.164 e. The van der Waals surface area contributed by atoms with E-state index in [1.807, 2.05) is 22.7 Å². The second kappa shape index (κ2) is 12.6. The number of nitrogens with zero attached hydrogens (tertiary/aromatic N) is 4. The van der Waals surface area contributed by atoms with Crippen molar-refractivity contribution in [2.75, 3.05) is 0 Å². The van der Waals surface area contributed by atoms with Crippen molar-refractivity contribution < 1.29 is 0 Å². The fourth-order valence-electron chi connectivity index (χ4n) is 9.20. The van der Waals surface area contributed by atoms with Gasteiger partial charge < -0.3 is 4.57 Å². The third-order valence-electron chi connectivity index (χ3n) is 11.8. The maximum absolute atomic E-state index is 5.52. The van der Waals surface area contributed by atoms with Gasteiger partial charge in [-0.3, -0.25) is 0 Å². The van der Waals surface area contributed by atoms with Crippen LogP contribution in [0.5, 0.6) is 0 Å². The summed E-state index contributed by atoms with van der Waals surface area (Å²) in [5, 5.41) is 12.0. The number of para-hydroxylation sites is 2. The summed E-state index contributed by atoms with van der Waals surface area (Å²) in [7, 11) is 0. The molecule has 0 spiro atoms. The number of hydrogen-bond acceptors (Lipinski definition) is 5. The Morgan fingerprint density at radius 1 is 0.356 bits per heavy atom. The molecular weight excluding hydrogens is 757 g/mol. The van der Waals surface area contributed by atoms with E-state index in [4.69, 9.17) is 15.0 Å². The summed E-state index contributed by atoms with van der Waals surface area (Å²) in [5.41, 5.74) is 6.31. The Morgan fingerprint density at radius 2 is 0.797 bits per heavy atom. The molecule has 59 heavy (non-hydrogen) atoms. The highest BCUT2D eigenvalue weighted by Crippen LogP contribution is 2.46. The Hall–Kier alpha value is -7.25. The largest absolute Gasteiger partial charge is 0.309 e. The van der Waals surface area contributed by atoms with Gasteiger partial charge in [0.05, 0.1) is 11.0 Å². The molecule has 9 aromatic carbocycles. The Morgan fingerprint density at radius 3 is 1.34 bits per heavy atom. The summed E-state index contributed by atoms with van der Waals surface area (Å²) >= 11 is 3.67. The summed E-state index contributed by atoms with van der Waals surface area (Å²) < 4.78 is 7.33. The lowest BCUT2D eigenvalue weighted by atomic mass is 9.98. The standard InChI is InChI=1S/C53H30N4S2/c1-3-18-35-31(14-1)29-41(47-39-22-7-11-26-45(39)58-49(35)47)52-54-51(33-16-13-17-34(28-33)57-43-24-9-5-20-37(43)38-21-6-10-25-44(38)57)55-53(56-52)42-30-32-15-2-4-19-36(32)50-48(42)40-23-8-12-27-46(40)59-50/h1-30H. The second-order valence-corrected chi connectivity index (χ2v) is 17.2. The van der Waals surface area contributed by atoms with Crippen molar-refractivity contribution >= 4 is 106 Å². The van der Waals surface area contributed by atoms with Crippen LogP contribution < -0.4 is 0 Å². The molecular formula is C53H30N4S2. The summed E-state index contributed by atoms with van der Waals surface area (Å²) in [6.45, 7) is 0. The van der Waals surface area contributed by atoms with Crippen LogP contribution in [0.1, 0.15) is 0 Å². The lowest BCUT2D eigenvalue weighted by Gasteiger charge is -2.14. The van der Waals surface area contributed by atoms with Crippen molar-refractivity contribution in [1.29, 1.82) is 0 Å². The van der Waals surface area contributed by atoms with E-state index < -0.39 is 0 Å². The van der Waals surface area contributed by atoms with Gasteiger partial charge >= 0.3 is 0 Å². The predicted octanol–water partition coefficient (Wildman–Crippen LogP) is 15.0. The molecule has 4 heterocycles. The highest BCUT2D eigenvalue weighted by atomic mass is 32.1. The molecule has 0 aliphatic heterocycles. The first kappa shape index (κ1) is 32.8. The Labute approximate surface area is 345 Å². The van der Waals surface area contributed by atoms with E-state index >= 15 is 0 Å². The van der Waals surface area contributed by atoms with E-state index in [-0.39, 0.29) is 0 Å².